The van der Waals surface area contributed by atoms with Crippen LogP contribution in [-0.4, -0.2) is 12.6 Å². The van der Waals surface area contributed by atoms with Crippen molar-refractivity contribution in [3.63, 3.8) is 0 Å². The summed E-state index contributed by atoms with van der Waals surface area (Å²) in [5.41, 5.74) is 4.14. The van der Waals surface area contributed by atoms with Crippen LogP contribution in [0.5, 0.6) is 0 Å². The predicted molar refractivity (Wildman–Crippen MR) is 115 cm³/mol. The molecule has 0 aromatic heterocycles. The minimum Gasteiger partial charge on any atom is -0.463 e. The number of carbonyl (C=O) groups is 1. The zero-order valence-corrected chi connectivity index (χ0v) is 16.8. The summed E-state index contributed by atoms with van der Waals surface area (Å²) < 4.78 is 5.43. The molecule has 1 unspecified atom stereocenters. The normalized spacial score (nSPS) is 16.4. The van der Waals surface area contributed by atoms with E-state index < -0.39 is 0 Å². The van der Waals surface area contributed by atoms with E-state index in [2.05, 4.69) is 42.3 Å². The molecule has 146 valence electrons. The van der Waals surface area contributed by atoms with Crippen LogP contribution in [0.25, 0.3) is 0 Å². The number of carbonyl (C=O) groups excluding carboxylic acids is 1. The second-order valence-corrected chi connectivity index (χ2v) is 7.05. The molecule has 0 bridgehead atoms. The van der Waals surface area contributed by atoms with Crippen LogP contribution in [0.2, 0.25) is 0 Å². The van der Waals surface area contributed by atoms with Crippen molar-refractivity contribution in [3.05, 3.63) is 89.8 Å². The largest absolute Gasteiger partial charge is 0.463 e. The Bertz CT molecular complexity index is 824. The quantitative estimate of drug-likeness (QED) is 0.406. The second-order valence-electron chi connectivity index (χ2n) is 7.05. The summed E-state index contributed by atoms with van der Waals surface area (Å²) in [6.07, 6.45) is 8.58. The van der Waals surface area contributed by atoms with Crippen LogP contribution >= 0.6 is 0 Å². The fourth-order valence-corrected chi connectivity index (χ4v) is 3.68. The van der Waals surface area contributed by atoms with Gasteiger partial charge in [0.05, 0.1) is 12.2 Å². The average Bonchev–Trinajstić information content (AvgIpc) is 2.75. The van der Waals surface area contributed by atoms with Gasteiger partial charge in [0.1, 0.15) is 0 Å². The number of allylic oxidation sites excluding steroid dienone is 1. The van der Waals surface area contributed by atoms with E-state index in [-0.39, 0.29) is 11.9 Å². The lowest BCUT2D eigenvalue weighted by atomic mass is 9.81. The van der Waals surface area contributed by atoms with Crippen molar-refractivity contribution in [2.75, 3.05) is 11.5 Å². The molecular formula is C25H29NO2. The Kier molecular flexibility index (Phi) is 7.07. The van der Waals surface area contributed by atoms with Gasteiger partial charge in [-0.3, -0.25) is 0 Å². The van der Waals surface area contributed by atoms with Crippen molar-refractivity contribution in [2.45, 2.75) is 45.4 Å². The van der Waals surface area contributed by atoms with Crippen molar-refractivity contribution < 1.29 is 9.53 Å². The third-order valence-corrected chi connectivity index (χ3v) is 5.03. The predicted octanol–water partition coefficient (Wildman–Crippen LogP) is 6.20. The van der Waals surface area contributed by atoms with E-state index in [1.807, 2.05) is 49.5 Å². The summed E-state index contributed by atoms with van der Waals surface area (Å²) in [6, 6.07) is 20.4. The molecule has 3 heteroatoms. The lowest BCUT2D eigenvalue weighted by Crippen LogP contribution is -2.25. The van der Waals surface area contributed by atoms with Crippen molar-refractivity contribution >= 4 is 11.7 Å². The molecular weight excluding hydrogens is 346 g/mol. The highest BCUT2D eigenvalue weighted by molar-refractivity contribution is 5.92. The maximum absolute atomic E-state index is 12.9. The highest BCUT2D eigenvalue weighted by Gasteiger charge is 2.31. The van der Waals surface area contributed by atoms with Crippen LogP contribution < -0.4 is 4.90 Å². The summed E-state index contributed by atoms with van der Waals surface area (Å²) in [4.78, 5) is 15.0. The van der Waals surface area contributed by atoms with Gasteiger partial charge in [-0.1, -0.05) is 68.3 Å². The number of nitrogens with zero attached hydrogens (tertiary/aromatic N) is 1. The topological polar surface area (TPSA) is 29.5 Å². The number of benzene rings is 2. The highest BCUT2D eigenvalue weighted by Crippen LogP contribution is 2.39. The summed E-state index contributed by atoms with van der Waals surface area (Å²) in [5.74, 6) is -0.296. The number of unbranched alkanes of at least 4 members (excludes halogenated alkanes) is 2. The molecule has 1 aliphatic rings. The summed E-state index contributed by atoms with van der Waals surface area (Å²) >= 11 is 0. The standard InChI is InChI=1S/C25H29NO2/c1-3-5-8-15-21-18-26(22-16-11-7-12-17-22)19-23(25(27)28-4-2)24(21)20-13-9-6-10-14-20/h6-7,9-14,16-19,24H,3-5,8,15H2,1-2H3. The van der Waals surface area contributed by atoms with Crippen LogP contribution in [0.1, 0.15) is 51.0 Å². The van der Waals surface area contributed by atoms with E-state index in [1.165, 1.54) is 18.4 Å². The SMILES string of the molecule is CCCCCC1=CN(c2ccccc2)C=C(C(=O)OCC)C1c1ccccc1. The molecule has 2 aromatic rings. The molecule has 1 aliphatic heterocycles. The Morgan fingerprint density at radius 1 is 0.929 bits per heavy atom. The molecule has 0 radical (unpaired) electrons. The lowest BCUT2D eigenvalue weighted by Gasteiger charge is -2.31. The fraction of sp³-hybridized carbons (Fsp3) is 0.320. The van der Waals surface area contributed by atoms with Gasteiger partial charge in [-0.15, -0.1) is 0 Å². The van der Waals surface area contributed by atoms with E-state index in [9.17, 15) is 4.79 Å². The summed E-state index contributed by atoms with van der Waals surface area (Å²) in [6.45, 7) is 4.44. The molecule has 1 atom stereocenters. The smallest absolute Gasteiger partial charge is 0.336 e. The Hall–Kier alpha value is -2.81. The molecule has 3 rings (SSSR count). The molecule has 28 heavy (non-hydrogen) atoms. The minimum absolute atomic E-state index is 0.0583. The average molecular weight is 376 g/mol. The van der Waals surface area contributed by atoms with Gasteiger partial charge in [0.15, 0.2) is 0 Å². The van der Waals surface area contributed by atoms with E-state index in [0.29, 0.717) is 12.2 Å². The number of hydrogen-bond acceptors (Lipinski definition) is 3. The van der Waals surface area contributed by atoms with Gasteiger partial charge in [-0.05, 0) is 43.0 Å². The Morgan fingerprint density at radius 3 is 2.25 bits per heavy atom. The van der Waals surface area contributed by atoms with E-state index in [0.717, 1.165) is 24.1 Å². The van der Waals surface area contributed by atoms with Crippen molar-refractivity contribution in [2.24, 2.45) is 0 Å². The van der Waals surface area contributed by atoms with Gasteiger partial charge in [0.2, 0.25) is 0 Å². The van der Waals surface area contributed by atoms with Crippen LogP contribution in [0.3, 0.4) is 0 Å². The number of rotatable bonds is 8. The molecule has 0 saturated heterocycles. The van der Waals surface area contributed by atoms with Crippen LogP contribution in [0, 0.1) is 0 Å². The molecule has 0 amide bonds. The molecule has 0 saturated carbocycles. The monoisotopic (exact) mass is 375 g/mol. The van der Waals surface area contributed by atoms with Gasteiger partial charge >= 0.3 is 5.97 Å². The van der Waals surface area contributed by atoms with E-state index in [1.54, 1.807) is 0 Å². The number of ether oxygens (including phenoxy) is 1. The second kappa shape index (κ2) is 9.93. The molecule has 0 fully saturated rings. The van der Waals surface area contributed by atoms with Gasteiger partial charge in [0, 0.05) is 24.0 Å². The van der Waals surface area contributed by atoms with Crippen molar-refractivity contribution in [1.29, 1.82) is 0 Å². The van der Waals surface area contributed by atoms with Crippen LogP contribution in [-0.2, 0) is 9.53 Å². The molecule has 0 aliphatic carbocycles. The number of para-hydroxylation sites is 1. The van der Waals surface area contributed by atoms with Gasteiger partial charge in [-0.2, -0.15) is 0 Å². The fourth-order valence-electron chi connectivity index (χ4n) is 3.68. The Balaban J connectivity index is 2.04. The lowest BCUT2D eigenvalue weighted by molar-refractivity contribution is -0.138. The first-order valence-electron chi connectivity index (χ1n) is 10.2. The van der Waals surface area contributed by atoms with Gasteiger partial charge in [-0.25, -0.2) is 4.79 Å². The van der Waals surface area contributed by atoms with E-state index >= 15 is 0 Å². The summed E-state index contributed by atoms with van der Waals surface area (Å²) in [5, 5.41) is 0. The molecule has 0 spiro atoms. The van der Waals surface area contributed by atoms with Crippen LogP contribution in [0.4, 0.5) is 5.69 Å². The maximum Gasteiger partial charge on any atom is 0.336 e. The van der Waals surface area contributed by atoms with Gasteiger partial charge in [0.25, 0.3) is 0 Å². The highest BCUT2D eigenvalue weighted by atomic mass is 16.5. The number of anilines is 1. The molecule has 0 N–H and O–H groups in total. The van der Waals surface area contributed by atoms with Crippen molar-refractivity contribution in [1.82, 2.24) is 0 Å². The Labute approximate surface area is 168 Å². The molecule has 3 nitrogen and oxygen atoms in total. The number of hydrogen-bond donors (Lipinski definition) is 0. The zero-order chi connectivity index (χ0) is 19.8. The number of esters is 1. The van der Waals surface area contributed by atoms with E-state index in [4.69, 9.17) is 4.74 Å². The summed E-state index contributed by atoms with van der Waals surface area (Å²) in [7, 11) is 0. The third kappa shape index (κ3) is 4.72. The maximum atomic E-state index is 12.9. The van der Waals surface area contributed by atoms with Crippen LogP contribution in [0.15, 0.2) is 84.2 Å². The Morgan fingerprint density at radius 2 is 1.61 bits per heavy atom. The minimum atomic E-state index is -0.238. The molecule has 2 aromatic carbocycles. The zero-order valence-electron chi connectivity index (χ0n) is 16.8. The van der Waals surface area contributed by atoms with Gasteiger partial charge < -0.3 is 9.64 Å². The first-order valence-corrected chi connectivity index (χ1v) is 10.2. The first-order chi connectivity index (χ1) is 13.7. The molecule has 1 heterocycles. The first kappa shape index (κ1) is 19.9. The third-order valence-electron chi connectivity index (χ3n) is 5.03. The van der Waals surface area contributed by atoms with Crippen molar-refractivity contribution in [3.8, 4) is 0 Å².